The molecule has 0 spiro atoms. The zero-order valence-corrected chi connectivity index (χ0v) is 9.00. The summed E-state index contributed by atoms with van der Waals surface area (Å²) in [6, 6.07) is 0. The lowest BCUT2D eigenvalue weighted by molar-refractivity contribution is -0.113. The SMILES string of the molecule is COc1noc(C2CC2)c1NC(=O)CCl. The van der Waals surface area contributed by atoms with Crippen molar-refractivity contribution in [2.45, 2.75) is 18.8 Å². The zero-order chi connectivity index (χ0) is 10.8. The lowest BCUT2D eigenvalue weighted by atomic mass is 10.2. The number of carbonyl (C=O) groups is 1. The van der Waals surface area contributed by atoms with Crippen molar-refractivity contribution in [3.05, 3.63) is 5.76 Å². The van der Waals surface area contributed by atoms with Crippen molar-refractivity contribution in [1.82, 2.24) is 5.16 Å². The third-order valence-corrected chi connectivity index (χ3v) is 2.46. The Balaban J connectivity index is 2.23. The van der Waals surface area contributed by atoms with Crippen LogP contribution in [0.4, 0.5) is 5.69 Å². The molecule has 5 nitrogen and oxygen atoms in total. The number of rotatable bonds is 4. The molecule has 6 heteroatoms. The van der Waals surface area contributed by atoms with Gasteiger partial charge in [-0.15, -0.1) is 11.6 Å². The Morgan fingerprint density at radius 3 is 3.00 bits per heavy atom. The maximum absolute atomic E-state index is 11.2. The van der Waals surface area contributed by atoms with E-state index in [1.54, 1.807) is 0 Å². The third kappa shape index (κ3) is 2.07. The Kier molecular flexibility index (Phi) is 2.81. The van der Waals surface area contributed by atoms with Gasteiger partial charge in [0.05, 0.1) is 7.11 Å². The normalized spacial score (nSPS) is 15.1. The number of alkyl halides is 1. The van der Waals surface area contributed by atoms with Crippen LogP contribution >= 0.6 is 11.6 Å². The predicted octanol–water partition coefficient (Wildman–Crippen LogP) is 1.74. The van der Waals surface area contributed by atoms with Crippen LogP contribution in [0.3, 0.4) is 0 Å². The lowest BCUT2D eigenvalue weighted by Gasteiger charge is -2.02. The molecule has 1 amide bonds. The minimum atomic E-state index is -0.292. The molecule has 1 aliphatic rings. The van der Waals surface area contributed by atoms with Gasteiger partial charge in [0, 0.05) is 5.92 Å². The van der Waals surface area contributed by atoms with Crippen LogP contribution in [0.25, 0.3) is 0 Å². The van der Waals surface area contributed by atoms with E-state index in [4.69, 9.17) is 20.9 Å². The Morgan fingerprint density at radius 2 is 2.47 bits per heavy atom. The number of halogens is 1. The minimum absolute atomic E-state index is 0.0988. The van der Waals surface area contributed by atoms with Crippen molar-refractivity contribution in [2.75, 3.05) is 18.3 Å². The number of anilines is 1. The van der Waals surface area contributed by atoms with E-state index >= 15 is 0 Å². The molecule has 15 heavy (non-hydrogen) atoms. The molecule has 1 saturated carbocycles. The maximum Gasteiger partial charge on any atom is 0.278 e. The molecule has 0 saturated heterocycles. The maximum atomic E-state index is 11.2. The summed E-state index contributed by atoms with van der Waals surface area (Å²) in [6.07, 6.45) is 2.12. The fourth-order valence-corrected chi connectivity index (χ4v) is 1.41. The van der Waals surface area contributed by atoms with Crippen LogP contribution in [0, 0.1) is 0 Å². The van der Waals surface area contributed by atoms with Gasteiger partial charge in [-0.3, -0.25) is 4.79 Å². The van der Waals surface area contributed by atoms with Gasteiger partial charge in [0.1, 0.15) is 11.6 Å². The van der Waals surface area contributed by atoms with E-state index in [0.717, 1.165) is 12.8 Å². The molecule has 1 aliphatic carbocycles. The van der Waals surface area contributed by atoms with E-state index in [-0.39, 0.29) is 11.8 Å². The summed E-state index contributed by atoms with van der Waals surface area (Å²) in [5.41, 5.74) is 0.519. The quantitative estimate of drug-likeness (QED) is 0.801. The summed E-state index contributed by atoms with van der Waals surface area (Å²) in [5.74, 6) is 0.950. The first-order valence-electron chi connectivity index (χ1n) is 4.65. The van der Waals surface area contributed by atoms with Gasteiger partial charge in [0.25, 0.3) is 5.88 Å². The van der Waals surface area contributed by atoms with Crippen molar-refractivity contribution in [3.63, 3.8) is 0 Å². The standard InChI is InChI=1S/C9H11ClN2O3/c1-14-9-7(11-6(13)4-10)8(15-12-9)5-2-3-5/h5H,2-4H2,1H3,(H,11,13). The number of nitrogens with zero attached hydrogens (tertiary/aromatic N) is 1. The number of aromatic nitrogens is 1. The lowest BCUT2D eigenvalue weighted by Crippen LogP contribution is -2.13. The van der Waals surface area contributed by atoms with E-state index in [1.807, 2.05) is 0 Å². The van der Waals surface area contributed by atoms with E-state index < -0.39 is 0 Å². The van der Waals surface area contributed by atoms with Gasteiger partial charge >= 0.3 is 0 Å². The number of hydrogen-bond donors (Lipinski definition) is 1. The molecule has 1 heterocycles. The average Bonchev–Trinajstić information content (AvgIpc) is 3.01. The molecule has 0 unspecified atom stereocenters. The average molecular weight is 231 g/mol. The van der Waals surface area contributed by atoms with Crippen LogP contribution in [-0.4, -0.2) is 24.1 Å². The highest BCUT2D eigenvalue weighted by Crippen LogP contribution is 2.46. The van der Waals surface area contributed by atoms with Gasteiger partial charge in [-0.1, -0.05) is 0 Å². The van der Waals surface area contributed by atoms with Crippen molar-refractivity contribution >= 4 is 23.2 Å². The van der Waals surface area contributed by atoms with Gasteiger partial charge in [0.2, 0.25) is 5.91 Å². The highest BCUT2D eigenvalue weighted by molar-refractivity contribution is 6.29. The first kappa shape index (κ1) is 10.3. The molecule has 0 bridgehead atoms. The summed E-state index contributed by atoms with van der Waals surface area (Å²) < 4.78 is 10.1. The first-order valence-corrected chi connectivity index (χ1v) is 5.19. The third-order valence-electron chi connectivity index (χ3n) is 2.21. The predicted molar refractivity (Wildman–Crippen MR) is 54.4 cm³/mol. The van der Waals surface area contributed by atoms with E-state index in [1.165, 1.54) is 7.11 Å². The topological polar surface area (TPSA) is 64.4 Å². The first-order chi connectivity index (χ1) is 7.26. The van der Waals surface area contributed by atoms with Crippen LogP contribution in [0.1, 0.15) is 24.5 Å². The van der Waals surface area contributed by atoms with Crippen molar-refractivity contribution in [1.29, 1.82) is 0 Å². The van der Waals surface area contributed by atoms with E-state index in [2.05, 4.69) is 10.5 Å². The number of ether oxygens (including phenoxy) is 1. The van der Waals surface area contributed by atoms with Crippen LogP contribution < -0.4 is 10.1 Å². The fourth-order valence-electron chi connectivity index (χ4n) is 1.34. The van der Waals surface area contributed by atoms with Crippen LogP contribution in [0.5, 0.6) is 5.88 Å². The summed E-state index contributed by atoms with van der Waals surface area (Å²) in [5, 5.41) is 6.36. The second-order valence-corrected chi connectivity index (χ2v) is 3.65. The van der Waals surface area contributed by atoms with Crippen molar-refractivity contribution in [2.24, 2.45) is 0 Å². The Hall–Kier alpha value is -1.23. The number of methoxy groups -OCH3 is 1. The van der Waals surface area contributed by atoms with E-state index in [0.29, 0.717) is 23.2 Å². The van der Waals surface area contributed by atoms with Gasteiger partial charge < -0.3 is 14.6 Å². The fraction of sp³-hybridized carbons (Fsp3) is 0.556. The second-order valence-electron chi connectivity index (χ2n) is 3.39. The molecule has 0 aliphatic heterocycles. The molecule has 1 aromatic rings. The van der Waals surface area contributed by atoms with Gasteiger partial charge in [-0.25, -0.2) is 0 Å². The summed E-state index contributed by atoms with van der Waals surface area (Å²) >= 11 is 5.41. The highest BCUT2D eigenvalue weighted by Gasteiger charge is 2.33. The number of nitrogens with one attached hydrogen (secondary N) is 1. The summed E-state index contributed by atoms with van der Waals surface area (Å²) in [6.45, 7) is 0. The molecule has 2 rings (SSSR count). The number of amides is 1. The summed E-state index contributed by atoms with van der Waals surface area (Å²) in [7, 11) is 1.48. The molecule has 0 radical (unpaired) electrons. The monoisotopic (exact) mass is 230 g/mol. The Labute approximate surface area is 91.7 Å². The molecular formula is C9H11ClN2O3. The highest BCUT2D eigenvalue weighted by atomic mass is 35.5. The van der Waals surface area contributed by atoms with Gasteiger partial charge in [0.15, 0.2) is 5.76 Å². The van der Waals surface area contributed by atoms with Gasteiger partial charge in [-0.2, -0.15) is 0 Å². The molecule has 1 aromatic heterocycles. The second kappa shape index (κ2) is 4.10. The molecule has 82 valence electrons. The molecule has 1 N–H and O–H groups in total. The molecular weight excluding hydrogens is 220 g/mol. The zero-order valence-electron chi connectivity index (χ0n) is 8.25. The Bertz CT molecular complexity index is 373. The van der Waals surface area contributed by atoms with Crippen LogP contribution in [0.2, 0.25) is 0 Å². The minimum Gasteiger partial charge on any atom is -0.477 e. The molecule has 0 aromatic carbocycles. The van der Waals surface area contributed by atoms with Crippen LogP contribution in [0.15, 0.2) is 4.52 Å². The largest absolute Gasteiger partial charge is 0.477 e. The summed E-state index contributed by atoms with van der Waals surface area (Å²) in [4.78, 5) is 11.2. The van der Waals surface area contributed by atoms with E-state index in [9.17, 15) is 4.79 Å². The van der Waals surface area contributed by atoms with Crippen molar-refractivity contribution < 1.29 is 14.1 Å². The Morgan fingerprint density at radius 1 is 1.73 bits per heavy atom. The smallest absolute Gasteiger partial charge is 0.278 e. The van der Waals surface area contributed by atoms with Gasteiger partial charge in [-0.05, 0) is 18.0 Å². The van der Waals surface area contributed by atoms with Crippen molar-refractivity contribution in [3.8, 4) is 5.88 Å². The number of carbonyl (C=O) groups excluding carboxylic acids is 1. The van der Waals surface area contributed by atoms with Crippen LogP contribution in [-0.2, 0) is 4.79 Å². The molecule has 0 atom stereocenters. The number of hydrogen-bond acceptors (Lipinski definition) is 4. The molecule has 1 fully saturated rings.